The lowest BCUT2D eigenvalue weighted by molar-refractivity contribution is 0.334. The molecule has 2 rings (SSSR count). The summed E-state index contributed by atoms with van der Waals surface area (Å²) in [6.45, 7) is 2.51. The van der Waals surface area contributed by atoms with Crippen molar-refractivity contribution in [1.82, 2.24) is 0 Å². The normalized spacial score (nSPS) is 12.2. The summed E-state index contributed by atoms with van der Waals surface area (Å²) >= 11 is 5.67. The first-order valence-electron chi connectivity index (χ1n) is 6.53. The molecule has 0 aliphatic carbocycles. The van der Waals surface area contributed by atoms with E-state index in [-0.39, 0.29) is 11.1 Å². The molecule has 0 saturated carbocycles. The molecule has 106 valence electrons. The van der Waals surface area contributed by atoms with Crippen LogP contribution in [0, 0.1) is 5.82 Å². The Labute approximate surface area is 123 Å². The van der Waals surface area contributed by atoms with Crippen LogP contribution in [0.3, 0.4) is 0 Å². The Bertz CT molecular complexity index is 588. The molecule has 1 unspecified atom stereocenters. The zero-order valence-corrected chi connectivity index (χ0v) is 12.0. The Morgan fingerprint density at radius 3 is 2.70 bits per heavy atom. The Morgan fingerprint density at radius 1 is 1.25 bits per heavy atom. The van der Waals surface area contributed by atoms with Crippen molar-refractivity contribution in [3.8, 4) is 5.75 Å². The first kappa shape index (κ1) is 14.8. The highest BCUT2D eigenvalue weighted by Gasteiger charge is 2.13. The molecule has 2 nitrogen and oxygen atoms in total. The van der Waals surface area contributed by atoms with Crippen LogP contribution < -0.4 is 10.5 Å². The SMILES string of the molecule is CCOc1ccccc1C(N)Cc1ccc(Cl)c(F)c1. The van der Waals surface area contributed by atoms with Crippen LogP contribution in [0.5, 0.6) is 5.75 Å². The van der Waals surface area contributed by atoms with Gasteiger partial charge in [0.25, 0.3) is 0 Å². The number of halogens is 2. The molecule has 0 amide bonds. The van der Waals surface area contributed by atoms with Crippen molar-refractivity contribution in [3.05, 3.63) is 64.4 Å². The zero-order chi connectivity index (χ0) is 14.5. The van der Waals surface area contributed by atoms with Gasteiger partial charge in [-0.1, -0.05) is 35.9 Å². The molecule has 2 aromatic rings. The van der Waals surface area contributed by atoms with E-state index in [0.717, 1.165) is 16.9 Å². The fourth-order valence-electron chi connectivity index (χ4n) is 2.10. The highest BCUT2D eigenvalue weighted by Crippen LogP contribution is 2.27. The molecule has 0 fully saturated rings. The largest absolute Gasteiger partial charge is 0.494 e. The maximum absolute atomic E-state index is 13.4. The average molecular weight is 294 g/mol. The topological polar surface area (TPSA) is 35.2 Å². The minimum absolute atomic E-state index is 0.122. The van der Waals surface area contributed by atoms with Gasteiger partial charge in [-0.2, -0.15) is 0 Å². The van der Waals surface area contributed by atoms with Crippen LogP contribution in [-0.4, -0.2) is 6.61 Å². The molecule has 0 bridgehead atoms. The molecule has 20 heavy (non-hydrogen) atoms. The molecule has 2 N–H and O–H groups in total. The predicted molar refractivity (Wildman–Crippen MR) is 79.7 cm³/mol. The molecule has 1 atom stereocenters. The van der Waals surface area contributed by atoms with Crippen molar-refractivity contribution >= 4 is 11.6 Å². The minimum atomic E-state index is -0.422. The first-order valence-corrected chi connectivity index (χ1v) is 6.91. The third-order valence-electron chi connectivity index (χ3n) is 3.06. The number of nitrogens with two attached hydrogens (primary N) is 1. The number of ether oxygens (including phenoxy) is 1. The second kappa shape index (κ2) is 6.73. The van der Waals surface area contributed by atoms with E-state index in [0.29, 0.717) is 13.0 Å². The Morgan fingerprint density at radius 2 is 2.00 bits per heavy atom. The van der Waals surface area contributed by atoms with E-state index < -0.39 is 5.82 Å². The van der Waals surface area contributed by atoms with Gasteiger partial charge >= 0.3 is 0 Å². The standard InChI is InChI=1S/C16H17ClFNO/c1-2-20-16-6-4-3-5-12(16)15(19)10-11-7-8-13(17)14(18)9-11/h3-9,15H,2,10,19H2,1H3. The summed E-state index contributed by atoms with van der Waals surface area (Å²) < 4.78 is 19.0. The molecule has 0 spiro atoms. The Hall–Kier alpha value is -1.58. The van der Waals surface area contributed by atoms with Gasteiger partial charge in [-0.05, 0) is 37.1 Å². The van der Waals surface area contributed by atoms with Gasteiger partial charge < -0.3 is 10.5 Å². The molecule has 4 heteroatoms. The smallest absolute Gasteiger partial charge is 0.142 e. The Kier molecular flexibility index (Phi) is 4.99. The van der Waals surface area contributed by atoms with Gasteiger partial charge in [0.15, 0.2) is 0 Å². The summed E-state index contributed by atoms with van der Waals surface area (Å²) in [6.07, 6.45) is 0.526. The summed E-state index contributed by atoms with van der Waals surface area (Å²) in [6, 6.07) is 12.2. The van der Waals surface area contributed by atoms with Gasteiger partial charge in [-0.15, -0.1) is 0 Å². The van der Waals surface area contributed by atoms with E-state index >= 15 is 0 Å². The lowest BCUT2D eigenvalue weighted by atomic mass is 9.99. The molecule has 0 radical (unpaired) electrons. The fourth-order valence-corrected chi connectivity index (χ4v) is 2.22. The predicted octanol–water partition coefficient (Wildman–Crippen LogP) is 4.12. The quantitative estimate of drug-likeness (QED) is 0.900. The summed E-state index contributed by atoms with van der Waals surface area (Å²) in [5.74, 6) is 0.353. The van der Waals surface area contributed by atoms with Crippen LogP contribution >= 0.6 is 11.6 Å². The van der Waals surface area contributed by atoms with Gasteiger partial charge in [0.05, 0.1) is 11.6 Å². The fraction of sp³-hybridized carbons (Fsp3) is 0.250. The third kappa shape index (κ3) is 3.50. The highest BCUT2D eigenvalue weighted by atomic mass is 35.5. The molecular weight excluding hydrogens is 277 g/mol. The molecule has 0 heterocycles. The van der Waals surface area contributed by atoms with Crippen molar-refractivity contribution in [2.45, 2.75) is 19.4 Å². The van der Waals surface area contributed by atoms with Gasteiger partial charge in [0.1, 0.15) is 11.6 Å². The van der Waals surface area contributed by atoms with Crippen LogP contribution in [-0.2, 0) is 6.42 Å². The number of rotatable bonds is 5. The molecule has 0 aliphatic heterocycles. The zero-order valence-electron chi connectivity index (χ0n) is 11.3. The number of para-hydroxylation sites is 1. The summed E-state index contributed by atoms with van der Waals surface area (Å²) in [4.78, 5) is 0. The number of hydrogen-bond donors (Lipinski definition) is 1. The van der Waals surface area contributed by atoms with E-state index in [1.54, 1.807) is 12.1 Å². The lowest BCUT2D eigenvalue weighted by Gasteiger charge is -2.16. The van der Waals surface area contributed by atoms with Crippen LogP contribution in [0.25, 0.3) is 0 Å². The van der Waals surface area contributed by atoms with Crippen LogP contribution in [0.1, 0.15) is 24.1 Å². The van der Waals surface area contributed by atoms with Gasteiger partial charge in [-0.3, -0.25) is 0 Å². The maximum Gasteiger partial charge on any atom is 0.142 e. The number of hydrogen-bond acceptors (Lipinski definition) is 2. The monoisotopic (exact) mass is 293 g/mol. The van der Waals surface area contributed by atoms with Crippen molar-refractivity contribution in [2.75, 3.05) is 6.61 Å². The molecule has 0 saturated heterocycles. The van der Waals surface area contributed by atoms with Crippen molar-refractivity contribution in [1.29, 1.82) is 0 Å². The van der Waals surface area contributed by atoms with E-state index in [9.17, 15) is 4.39 Å². The van der Waals surface area contributed by atoms with Crippen LogP contribution in [0.2, 0.25) is 5.02 Å². The van der Waals surface area contributed by atoms with Gasteiger partial charge in [0.2, 0.25) is 0 Å². The second-order valence-corrected chi connectivity index (χ2v) is 4.94. The second-order valence-electron chi connectivity index (χ2n) is 4.53. The van der Waals surface area contributed by atoms with E-state index in [4.69, 9.17) is 22.1 Å². The van der Waals surface area contributed by atoms with E-state index in [1.165, 1.54) is 6.07 Å². The summed E-state index contributed by atoms with van der Waals surface area (Å²) in [5.41, 5.74) is 7.94. The molecule has 0 aliphatic rings. The average Bonchev–Trinajstić information content (AvgIpc) is 2.44. The van der Waals surface area contributed by atoms with Gasteiger partial charge in [0, 0.05) is 11.6 Å². The van der Waals surface area contributed by atoms with Gasteiger partial charge in [-0.25, -0.2) is 4.39 Å². The summed E-state index contributed by atoms with van der Waals surface area (Å²) in [7, 11) is 0. The first-order chi connectivity index (χ1) is 9.61. The molecule has 2 aromatic carbocycles. The maximum atomic E-state index is 13.4. The molecule has 0 aromatic heterocycles. The summed E-state index contributed by atoms with van der Waals surface area (Å²) in [5, 5.41) is 0.122. The van der Waals surface area contributed by atoms with Crippen molar-refractivity contribution < 1.29 is 9.13 Å². The highest BCUT2D eigenvalue weighted by molar-refractivity contribution is 6.30. The van der Waals surface area contributed by atoms with Crippen LogP contribution in [0.4, 0.5) is 4.39 Å². The van der Waals surface area contributed by atoms with E-state index in [2.05, 4.69) is 0 Å². The van der Waals surface area contributed by atoms with E-state index in [1.807, 2.05) is 31.2 Å². The lowest BCUT2D eigenvalue weighted by Crippen LogP contribution is -2.15. The molecular formula is C16H17ClFNO. The third-order valence-corrected chi connectivity index (χ3v) is 3.36. The Balaban J connectivity index is 2.19. The minimum Gasteiger partial charge on any atom is -0.494 e. The van der Waals surface area contributed by atoms with Crippen LogP contribution in [0.15, 0.2) is 42.5 Å². The van der Waals surface area contributed by atoms with Crippen molar-refractivity contribution in [3.63, 3.8) is 0 Å². The van der Waals surface area contributed by atoms with Crippen molar-refractivity contribution in [2.24, 2.45) is 5.73 Å². The number of benzene rings is 2.